The highest BCUT2D eigenvalue weighted by Crippen LogP contribution is 2.59. The lowest BCUT2D eigenvalue weighted by molar-refractivity contribution is -0.0282. The Bertz CT molecular complexity index is 836. The number of nitrogens with zero attached hydrogens (tertiary/aromatic N) is 1. The van der Waals surface area contributed by atoms with Gasteiger partial charge in [-0.2, -0.15) is 0 Å². The van der Waals surface area contributed by atoms with Crippen molar-refractivity contribution in [3.8, 4) is 0 Å². The van der Waals surface area contributed by atoms with Crippen LogP contribution in [0.25, 0.3) is 0 Å². The Balaban J connectivity index is 1.53. The third-order valence-electron chi connectivity index (χ3n) is 9.78. The lowest BCUT2D eigenvalue weighted by atomic mass is 9.61. The minimum atomic E-state index is -0.303. The first kappa shape index (κ1) is 24.8. The van der Waals surface area contributed by atoms with Crippen molar-refractivity contribution in [3.63, 3.8) is 0 Å². The molecule has 0 amide bonds. The minimum Gasteiger partial charge on any atom is -0.393 e. The number of oxime groups is 1. The molecule has 0 aromatic heterocycles. The molecule has 0 bridgehead atoms. The van der Waals surface area contributed by atoms with Gasteiger partial charge in [0.1, 0.15) is 0 Å². The Morgan fingerprint density at radius 2 is 1.85 bits per heavy atom. The molecule has 0 unspecified atom stereocenters. The van der Waals surface area contributed by atoms with E-state index in [0.29, 0.717) is 35.5 Å². The van der Waals surface area contributed by atoms with Crippen molar-refractivity contribution in [1.82, 2.24) is 0 Å². The van der Waals surface area contributed by atoms with Gasteiger partial charge in [0, 0.05) is 6.42 Å². The quantitative estimate of drug-likeness (QED) is 0.435. The van der Waals surface area contributed by atoms with Crippen LogP contribution in [0.4, 0.5) is 0 Å². The van der Waals surface area contributed by atoms with Crippen molar-refractivity contribution in [2.45, 2.75) is 111 Å². The van der Waals surface area contributed by atoms with Crippen LogP contribution in [0.5, 0.6) is 0 Å². The lowest BCUT2D eigenvalue weighted by Crippen LogP contribution is -2.38. The Hall–Kier alpha value is -1.35. The number of aliphatic hydroxyl groups is 1. The lowest BCUT2D eigenvalue weighted by Gasteiger charge is -2.44. The summed E-state index contributed by atoms with van der Waals surface area (Å²) in [5.74, 6) is 3.46. The first-order valence-electron chi connectivity index (χ1n) is 13.6. The van der Waals surface area contributed by atoms with E-state index < -0.39 is 0 Å². The van der Waals surface area contributed by atoms with Crippen LogP contribution in [0.2, 0.25) is 0 Å². The fourth-order valence-corrected chi connectivity index (χ4v) is 7.33. The van der Waals surface area contributed by atoms with E-state index in [0.717, 1.165) is 30.9 Å². The molecule has 0 radical (unpaired) electrons. The Labute approximate surface area is 202 Å². The van der Waals surface area contributed by atoms with Crippen LogP contribution in [0, 0.1) is 35.0 Å². The fraction of sp³-hybridized carbons (Fsp3) is 0.767. The highest BCUT2D eigenvalue weighted by atomic mass is 16.7. The van der Waals surface area contributed by atoms with Crippen molar-refractivity contribution in [2.75, 3.05) is 0 Å². The second-order valence-corrected chi connectivity index (χ2v) is 12.4. The molecule has 0 aromatic carbocycles. The average Bonchev–Trinajstić information content (AvgIpc) is 3.32. The molecule has 1 aliphatic heterocycles. The summed E-state index contributed by atoms with van der Waals surface area (Å²) in [5, 5.41) is 14.7. The van der Waals surface area contributed by atoms with Crippen LogP contribution < -0.4 is 0 Å². The van der Waals surface area contributed by atoms with Crippen molar-refractivity contribution < 1.29 is 9.94 Å². The molecule has 7 atom stereocenters. The number of allylic oxidation sites excluding steroid dienone is 5. The van der Waals surface area contributed by atoms with Crippen LogP contribution in [0.15, 0.2) is 40.6 Å². The van der Waals surface area contributed by atoms with Crippen molar-refractivity contribution in [3.05, 3.63) is 35.5 Å². The van der Waals surface area contributed by atoms with Gasteiger partial charge in [-0.15, -0.1) is 0 Å². The summed E-state index contributed by atoms with van der Waals surface area (Å²) < 4.78 is 0. The first-order valence-corrected chi connectivity index (χ1v) is 13.6. The van der Waals surface area contributed by atoms with E-state index in [1.54, 1.807) is 5.57 Å². The standard InChI is InChI=1S/C30H47NO2/c1-20(2)21(3)9-10-22(4)27-13-14-28-24(8-7-16-29(27,28)6)11-12-25-18-26(32)15-17-30(25)19-23(5)31-33-30/h9-12,20-22,26-28,32H,7-8,13-19H2,1-6H3/b10-9+,24-11+,25-12-/t21-,22+,26-,27+,28-,29+,30+/m0/s1. The average molecular weight is 454 g/mol. The van der Waals surface area contributed by atoms with Crippen molar-refractivity contribution in [2.24, 2.45) is 40.2 Å². The van der Waals surface area contributed by atoms with Gasteiger partial charge in [-0.25, -0.2) is 0 Å². The Kier molecular flexibility index (Phi) is 7.29. The van der Waals surface area contributed by atoms with Crippen LogP contribution in [-0.2, 0) is 4.84 Å². The van der Waals surface area contributed by atoms with E-state index in [2.05, 4.69) is 71.0 Å². The molecule has 33 heavy (non-hydrogen) atoms. The maximum atomic E-state index is 10.4. The van der Waals surface area contributed by atoms with Crippen LogP contribution in [0.3, 0.4) is 0 Å². The molecular weight excluding hydrogens is 406 g/mol. The van der Waals surface area contributed by atoms with Gasteiger partial charge in [-0.3, -0.25) is 0 Å². The summed E-state index contributed by atoms with van der Waals surface area (Å²) >= 11 is 0. The van der Waals surface area contributed by atoms with Gasteiger partial charge in [-0.05, 0) is 98.9 Å². The molecule has 1 spiro atoms. The van der Waals surface area contributed by atoms with Gasteiger partial charge in [0.2, 0.25) is 0 Å². The van der Waals surface area contributed by atoms with Crippen LogP contribution in [0.1, 0.15) is 99.3 Å². The number of fused-ring (bicyclic) bond motifs is 1. The Morgan fingerprint density at radius 1 is 1.06 bits per heavy atom. The van der Waals surface area contributed by atoms with Gasteiger partial charge in [0.05, 0.1) is 11.8 Å². The highest BCUT2D eigenvalue weighted by molar-refractivity contribution is 5.84. The van der Waals surface area contributed by atoms with E-state index in [4.69, 9.17) is 4.84 Å². The van der Waals surface area contributed by atoms with E-state index in [9.17, 15) is 5.11 Å². The third kappa shape index (κ3) is 4.90. The van der Waals surface area contributed by atoms with Gasteiger partial charge in [-0.1, -0.05) is 69.7 Å². The van der Waals surface area contributed by atoms with Crippen LogP contribution >= 0.6 is 0 Å². The monoisotopic (exact) mass is 453 g/mol. The van der Waals surface area contributed by atoms with Crippen molar-refractivity contribution >= 4 is 5.71 Å². The molecule has 3 aliphatic carbocycles. The zero-order valence-electron chi connectivity index (χ0n) is 21.9. The molecule has 184 valence electrons. The molecular formula is C30H47NO2. The summed E-state index contributed by atoms with van der Waals surface area (Å²) in [4.78, 5) is 5.98. The largest absolute Gasteiger partial charge is 0.393 e. The molecule has 1 heterocycles. The van der Waals surface area contributed by atoms with E-state index in [1.165, 1.54) is 37.7 Å². The fourth-order valence-electron chi connectivity index (χ4n) is 7.33. The maximum Gasteiger partial charge on any atom is 0.164 e. The Morgan fingerprint density at radius 3 is 2.55 bits per heavy atom. The molecule has 0 aromatic rings. The first-order chi connectivity index (χ1) is 15.6. The zero-order valence-corrected chi connectivity index (χ0v) is 21.9. The third-order valence-corrected chi connectivity index (χ3v) is 9.78. The molecule has 3 nitrogen and oxygen atoms in total. The molecule has 3 fully saturated rings. The SMILES string of the molecule is CC1=NO[C@]2(CC[C@H](O)C/C2=C/C=C2\CCC[C@]3(C)[C@@H]([C@H](C)/C=C/[C@H](C)C(C)C)CC[C@@H]23)C1. The minimum absolute atomic E-state index is 0.252. The molecule has 4 aliphatic rings. The summed E-state index contributed by atoms with van der Waals surface area (Å²) in [6.45, 7) is 14.1. The van der Waals surface area contributed by atoms with Gasteiger partial charge < -0.3 is 9.94 Å². The number of hydrogen-bond donors (Lipinski definition) is 1. The molecule has 1 N–H and O–H groups in total. The molecule has 3 heteroatoms. The topological polar surface area (TPSA) is 41.8 Å². The summed E-state index contributed by atoms with van der Waals surface area (Å²) in [7, 11) is 0. The van der Waals surface area contributed by atoms with Gasteiger partial charge in [0.25, 0.3) is 0 Å². The number of rotatable bonds is 5. The maximum absolute atomic E-state index is 10.4. The highest BCUT2D eigenvalue weighted by Gasteiger charge is 2.50. The van der Waals surface area contributed by atoms with Crippen LogP contribution in [-0.4, -0.2) is 22.5 Å². The van der Waals surface area contributed by atoms with Gasteiger partial charge >= 0.3 is 0 Å². The van der Waals surface area contributed by atoms with Crippen molar-refractivity contribution in [1.29, 1.82) is 0 Å². The van der Waals surface area contributed by atoms with E-state index in [1.807, 2.05) is 0 Å². The number of hydrogen-bond acceptors (Lipinski definition) is 3. The summed E-state index contributed by atoms with van der Waals surface area (Å²) in [5.41, 5.74) is 4.05. The molecule has 4 rings (SSSR count). The predicted octanol–water partition coefficient (Wildman–Crippen LogP) is 7.62. The molecule has 0 saturated heterocycles. The summed E-state index contributed by atoms with van der Waals surface area (Å²) in [6.07, 6.45) is 19.3. The predicted molar refractivity (Wildman–Crippen MR) is 138 cm³/mol. The summed E-state index contributed by atoms with van der Waals surface area (Å²) in [6, 6.07) is 0. The number of aliphatic hydroxyl groups excluding tert-OH is 1. The van der Waals surface area contributed by atoms with E-state index in [-0.39, 0.29) is 11.7 Å². The second-order valence-electron chi connectivity index (χ2n) is 12.4. The van der Waals surface area contributed by atoms with Gasteiger partial charge in [0.15, 0.2) is 5.60 Å². The smallest absolute Gasteiger partial charge is 0.164 e. The normalized spacial score (nSPS) is 41.1. The second kappa shape index (κ2) is 9.72. The molecule has 3 saturated carbocycles. The van der Waals surface area contributed by atoms with E-state index >= 15 is 0 Å². The zero-order chi connectivity index (χ0) is 23.8.